The highest BCUT2D eigenvalue weighted by molar-refractivity contribution is 5.22. The monoisotopic (exact) mass is 296 g/mol. The molecule has 21 heavy (non-hydrogen) atoms. The van der Waals surface area contributed by atoms with Crippen LogP contribution in [-0.2, 0) is 0 Å². The molecule has 2 N–H and O–H groups in total. The third-order valence-corrected chi connectivity index (χ3v) is 4.88. The Morgan fingerprint density at radius 1 is 1.24 bits per heavy atom. The van der Waals surface area contributed by atoms with Crippen LogP contribution in [0.25, 0.3) is 0 Å². The number of halogens is 2. The van der Waals surface area contributed by atoms with E-state index < -0.39 is 17.7 Å². The number of nitrogens with zero attached hydrogens (tertiary/aromatic N) is 1. The topological polar surface area (TPSA) is 29.3 Å². The first kappa shape index (κ1) is 16.4. The van der Waals surface area contributed by atoms with E-state index in [4.69, 9.17) is 5.73 Å². The molecule has 1 aliphatic carbocycles. The standard InChI is InChI=1S/C17H26F2N2/c1-3-12-7-9-13(10-8-12)21(2)11-16(20)14-5-4-6-15(18)17(14)19/h4-6,12-13,16H,3,7-11,20H2,1-2H3. The van der Waals surface area contributed by atoms with Crippen LogP contribution in [0.2, 0.25) is 0 Å². The summed E-state index contributed by atoms with van der Waals surface area (Å²) in [5.41, 5.74) is 6.35. The molecule has 0 amide bonds. The quantitative estimate of drug-likeness (QED) is 0.894. The lowest BCUT2D eigenvalue weighted by atomic mass is 9.84. The lowest BCUT2D eigenvalue weighted by molar-refractivity contribution is 0.156. The van der Waals surface area contributed by atoms with Gasteiger partial charge in [-0.3, -0.25) is 0 Å². The van der Waals surface area contributed by atoms with Crippen LogP contribution in [0.3, 0.4) is 0 Å². The van der Waals surface area contributed by atoms with Crippen molar-refractivity contribution < 1.29 is 8.78 Å². The Hall–Kier alpha value is -1.00. The van der Waals surface area contributed by atoms with Crippen molar-refractivity contribution >= 4 is 0 Å². The molecular formula is C17H26F2N2. The minimum absolute atomic E-state index is 0.268. The highest BCUT2D eigenvalue weighted by atomic mass is 19.2. The smallest absolute Gasteiger partial charge is 0.163 e. The van der Waals surface area contributed by atoms with Gasteiger partial charge in [-0.25, -0.2) is 8.78 Å². The van der Waals surface area contributed by atoms with Crippen molar-refractivity contribution in [2.45, 2.75) is 51.1 Å². The SMILES string of the molecule is CCC1CCC(N(C)CC(N)c2cccc(F)c2F)CC1. The van der Waals surface area contributed by atoms with Gasteiger partial charge in [0.2, 0.25) is 0 Å². The molecule has 2 nitrogen and oxygen atoms in total. The molecule has 0 aromatic heterocycles. The fourth-order valence-electron chi connectivity index (χ4n) is 3.36. The molecule has 1 fully saturated rings. The van der Waals surface area contributed by atoms with Gasteiger partial charge in [0.25, 0.3) is 0 Å². The molecule has 1 aliphatic rings. The van der Waals surface area contributed by atoms with Crippen molar-refractivity contribution in [2.24, 2.45) is 11.7 Å². The molecule has 2 rings (SSSR count). The van der Waals surface area contributed by atoms with E-state index in [1.54, 1.807) is 6.07 Å². The van der Waals surface area contributed by atoms with E-state index in [-0.39, 0.29) is 5.56 Å². The molecule has 4 heteroatoms. The summed E-state index contributed by atoms with van der Waals surface area (Å²) in [7, 11) is 2.04. The van der Waals surface area contributed by atoms with E-state index in [9.17, 15) is 8.78 Å². The first-order chi connectivity index (χ1) is 10.0. The second kappa shape index (κ2) is 7.32. The molecule has 1 aromatic carbocycles. The van der Waals surface area contributed by atoms with Crippen LogP contribution < -0.4 is 5.73 Å². The maximum absolute atomic E-state index is 13.8. The summed E-state index contributed by atoms with van der Waals surface area (Å²) >= 11 is 0. The Balaban J connectivity index is 1.93. The third-order valence-electron chi connectivity index (χ3n) is 4.88. The van der Waals surface area contributed by atoms with Crippen LogP contribution >= 0.6 is 0 Å². The summed E-state index contributed by atoms with van der Waals surface area (Å²) in [6, 6.07) is 4.23. The van der Waals surface area contributed by atoms with Crippen LogP contribution in [0.15, 0.2) is 18.2 Å². The van der Waals surface area contributed by atoms with E-state index in [1.807, 2.05) is 7.05 Å². The highest BCUT2D eigenvalue weighted by Crippen LogP contribution is 2.29. The van der Waals surface area contributed by atoms with Crippen molar-refractivity contribution in [1.82, 2.24) is 4.90 Å². The van der Waals surface area contributed by atoms with Gasteiger partial charge in [-0.05, 0) is 44.7 Å². The minimum Gasteiger partial charge on any atom is -0.323 e. The maximum atomic E-state index is 13.8. The average Bonchev–Trinajstić information content (AvgIpc) is 2.50. The lowest BCUT2D eigenvalue weighted by Gasteiger charge is -2.35. The van der Waals surface area contributed by atoms with Crippen LogP contribution in [0.1, 0.15) is 50.6 Å². The van der Waals surface area contributed by atoms with Gasteiger partial charge in [-0.2, -0.15) is 0 Å². The molecule has 0 heterocycles. The molecule has 1 aromatic rings. The van der Waals surface area contributed by atoms with Crippen molar-refractivity contribution in [1.29, 1.82) is 0 Å². The molecule has 0 spiro atoms. The lowest BCUT2D eigenvalue weighted by Crippen LogP contribution is -2.39. The van der Waals surface area contributed by atoms with E-state index in [0.29, 0.717) is 12.6 Å². The fraction of sp³-hybridized carbons (Fsp3) is 0.647. The summed E-state index contributed by atoms with van der Waals surface area (Å²) in [6.07, 6.45) is 6.12. The summed E-state index contributed by atoms with van der Waals surface area (Å²) < 4.78 is 27.0. The Labute approximate surface area is 126 Å². The van der Waals surface area contributed by atoms with Crippen LogP contribution in [0.4, 0.5) is 8.78 Å². The Morgan fingerprint density at radius 2 is 1.90 bits per heavy atom. The van der Waals surface area contributed by atoms with Crippen molar-refractivity contribution in [3.63, 3.8) is 0 Å². The molecule has 1 atom stereocenters. The van der Waals surface area contributed by atoms with E-state index in [1.165, 1.54) is 38.2 Å². The number of rotatable bonds is 5. The van der Waals surface area contributed by atoms with Gasteiger partial charge < -0.3 is 10.6 Å². The van der Waals surface area contributed by atoms with Gasteiger partial charge in [-0.1, -0.05) is 25.5 Å². The highest BCUT2D eigenvalue weighted by Gasteiger charge is 2.25. The molecule has 0 aliphatic heterocycles. The number of hydrogen-bond donors (Lipinski definition) is 1. The van der Waals surface area contributed by atoms with Gasteiger partial charge in [-0.15, -0.1) is 0 Å². The van der Waals surface area contributed by atoms with Crippen LogP contribution in [0.5, 0.6) is 0 Å². The normalized spacial score (nSPS) is 24.3. The van der Waals surface area contributed by atoms with Crippen molar-refractivity contribution in [3.8, 4) is 0 Å². The number of likely N-dealkylation sites (N-methyl/N-ethyl adjacent to an activating group) is 1. The Bertz CT molecular complexity index is 456. The number of benzene rings is 1. The van der Waals surface area contributed by atoms with Crippen molar-refractivity contribution in [2.75, 3.05) is 13.6 Å². The zero-order valence-electron chi connectivity index (χ0n) is 13.0. The van der Waals surface area contributed by atoms with Crippen LogP contribution in [0, 0.1) is 17.6 Å². The second-order valence-electron chi connectivity index (χ2n) is 6.27. The predicted molar refractivity (Wildman–Crippen MR) is 82.0 cm³/mol. The zero-order valence-corrected chi connectivity index (χ0v) is 13.0. The molecule has 118 valence electrons. The first-order valence-corrected chi connectivity index (χ1v) is 7.92. The van der Waals surface area contributed by atoms with Gasteiger partial charge in [0.15, 0.2) is 11.6 Å². The first-order valence-electron chi connectivity index (χ1n) is 7.92. The van der Waals surface area contributed by atoms with Gasteiger partial charge in [0.05, 0.1) is 0 Å². The zero-order chi connectivity index (χ0) is 15.4. The molecule has 0 radical (unpaired) electrons. The molecule has 1 saturated carbocycles. The summed E-state index contributed by atoms with van der Waals surface area (Å²) in [4.78, 5) is 2.21. The van der Waals surface area contributed by atoms with Crippen LogP contribution in [-0.4, -0.2) is 24.5 Å². The predicted octanol–water partition coefficient (Wildman–Crippen LogP) is 3.87. The molecular weight excluding hydrogens is 270 g/mol. The fourth-order valence-corrected chi connectivity index (χ4v) is 3.36. The second-order valence-corrected chi connectivity index (χ2v) is 6.27. The average molecular weight is 296 g/mol. The maximum Gasteiger partial charge on any atom is 0.163 e. The van der Waals surface area contributed by atoms with Gasteiger partial charge in [0, 0.05) is 24.2 Å². The van der Waals surface area contributed by atoms with E-state index in [2.05, 4.69) is 11.8 Å². The Kier molecular flexibility index (Phi) is 5.71. The number of nitrogens with two attached hydrogens (primary N) is 1. The third kappa shape index (κ3) is 4.01. The molecule has 1 unspecified atom stereocenters. The van der Waals surface area contributed by atoms with Gasteiger partial charge >= 0.3 is 0 Å². The van der Waals surface area contributed by atoms with Crippen molar-refractivity contribution in [3.05, 3.63) is 35.4 Å². The van der Waals surface area contributed by atoms with E-state index >= 15 is 0 Å². The number of hydrogen-bond acceptors (Lipinski definition) is 2. The summed E-state index contributed by atoms with van der Waals surface area (Å²) in [6.45, 7) is 2.80. The van der Waals surface area contributed by atoms with E-state index in [0.717, 1.165) is 12.0 Å². The largest absolute Gasteiger partial charge is 0.323 e. The van der Waals surface area contributed by atoms with Gasteiger partial charge in [0.1, 0.15) is 0 Å². The summed E-state index contributed by atoms with van der Waals surface area (Å²) in [5, 5.41) is 0. The molecule has 0 saturated heterocycles. The Morgan fingerprint density at radius 3 is 2.52 bits per heavy atom. The molecule has 0 bridgehead atoms. The summed E-state index contributed by atoms with van der Waals surface area (Å²) in [5.74, 6) is -0.786. The minimum atomic E-state index is -0.825.